The Morgan fingerprint density at radius 2 is 1.53 bits per heavy atom. The number of hydrogen-bond acceptors (Lipinski definition) is 6. The third-order valence-electron chi connectivity index (χ3n) is 5.35. The summed E-state index contributed by atoms with van der Waals surface area (Å²) >= 11 is 0. The smallest absolute Gasteiger partial charge is 0.336 e. The molecule has 0 heterocycles. The molecular formula is C31H26N2O5. The van der Waals surface area contributed by atoms with Crippen LogP contribution in [0.15, 0.2) is 114 Å². The summed E-state index contributed by atoms with van der Waals surface area (Å²) < 4.78 is 16.5. The van der Waals surface area contributed by atoms with Crippen molar-refractivity contribution < 1.29 is 23.8 Å². The van der Waals surface area contributed by atoms with Crippen molar-refractivity contribution in [2.75, 3.05) is 7.11 Å². The highest BCUT2D eigenvalue weighted by molar-refractivity contribution is 5.95. The molecule has 0 aliphatic carbocycles. The second-order valence-corrected chi connectivity index (χ2v) is 8.07. The normalized spacial score (nSPS) is 10.9. The van der Waals surface area contributed by atoms with E-state index < -0.39 is 5.97 Å². The van der Waals surface area contributed by atoms with Crippen LogP contribution in [0.3, 0.4) is 0 Å². The highest BCUT2D eigenvalue weighted by atomic mass is 16.6. The zero-order valence-corrected chi connectivity index (χ0v) is 20.7. The lowest BCUT2D eigenvalue weighted by Crippen LogP contribution is -2.17. The number of nitrogens with zero attached hydrogens (tertiary/aromatic N) is 1. The maximum atomic E-state index is 12.4. The monoisotopic (exact) mass is 506 g/mol. The van der Waals surface area contributed by atoms with E-state index in [0.717, 1.165) is 11.1 Å². The predicted molar refractivity (Wildman–Crippen MR) is 146 cm³/mol. The molecule has 7 nitrogen and oxygen atoms in total. The second-order valence-electron chi connectivity index (χ2n) is 8.07. The lowest BCUT2D eigenvalue weighted by molar-refractivity contribution is -0.129. The van der Waals surface area contributed by atoms with Gasteiger partial charge in [0.05, 0.1) is 13.3 Å². The summed E-state index contributed by atoms with van der Waals surface area (Å²) in [6.07, 6.45) is 4.49. The molecule has 0 bridgehead atoms. The molecule has 190 valence electrons. The van der Waals surface area contributed by atoms with E-state index in [0.29, 0.717) is 29.2 Å². The van der Waals surface area contributed by atoms with Crippen LogP contribution in [0.25, 0.3) is 6.08 Å². The third-order valence-corrected chi connectivity index (χ3v) is 5.35. The van der Waals surface area contributed by atoms with Crippen LogP contribution >= 0.6 is 0 Å². The third kappa shape index (κ3) is 7.66. The minimum Gasteiger partial charge on any atom is -0.493 e. The van der Waals surface area contributed by atoms with E-state index in [9.17, 15) is 9.59 Å². The van der Waals surface area contributed by atoms with Crippen molar-refractivity contribution in [1.29, 1.82) is 0 Å². The fourth-order valence-electron chi connectivity index (χ4n) is 3.39. The average molecular weight is 507 g/mol. The number of carbonyl (C=O) groups is 2. The Labute approximate surface area is 221 Å². The molecule has 4 aromatic rings. The van der Waals surface area contributed by atoms with Crippen molar-refractivity contribution in [2.24, 2.45) is 5.10 Å². The summed E-state index contributed by atoms with van der Waals surface area (Å²) in [5.74, 6) is 0.395. The topological polar surface area (TPSA) is 86.2 Å². The van der Waals surface area contributed by atoms with E-state index >= 15 is 0 Å². The van der Waals surface area contributed by atoms with Crippen molar-refractivity contribution in [1.82, 2.24) is 5.43 Å². The van der Waals surface area contributed by atoms with Crippen molar-refractivity contribution in [3.05, 3.63) is 131 Å². The number of rotatable bonds is 10. The Hall–Kier alpha value is -5.17. The number of hydrazone groups is 1. The largest absolute Gasteiger partial charge is 0.493 e. The predicted octanol–water partition coefficient (Wildman–Crippen LogP) is 5.66. The minimum absolute atomic E-state index is 0.269. The molecule has 1 N–H and O–H groups in total. The van der Waals surface area contributed by atoms with Crippen LogP contribution in [0.2, 0.25) is 0 Å². The van der Waals surface area contributed by atoms with Crippen molar-refractivity contribution >= 4 is 24.2 Å². The molecule has 1 amide bonds. The molecule has 38 heavy (non-hydrogen) atoms. The molecule has 0 saturated heterocycles. The van der Waals surface area contributed by atoms with E-state index in [1.54, 1.807) is 48.5 Å². The maximum Gasteiger partial charge on any atom is 0.336 e. The Morgan fingerprint density at radius 3 is 2.24 bits per heavy atom. The van der Waals surface area contributed by atoms with Crippen LogP contribution in [0.1, 0.15) is 27.0 Å². The van der Waals surface area contributed by atoms with E-state index in [4.69, 9.17) is 14.2 Å². The fourth-order valence-corrected chi connectivity index (χ4v) is 3.39. The Kier molecular flexibility index (Phi) is 9.02. The van der Waals surface area contributed by atoms with Gasteiger partial charge in [0, 0.05) is 11.6 Å². The zero-order chi connectivity index (χ0) is 26.6. The molecule has 4 aromatic carbocycles. The molecule has 4 rings (SSSR count). The maximum absolute atomic E-state index is 12.4. The van der Waals surface area contributed by atoms with Crippen molar-refractivity contribution in [3.8, 4) is 17.2 Å². The highest BCUT2D eigenvalue weighted by Gasteiger charge is 2.09. The number of amides is 1. The number of esters is 1. The molecule has 7 heteroatoms. The number of hydrogen-bond donors (Lipinski definition) is 1. The number of benzene rings is 4. The van der Waals surface area contributed by atoms with Gasteiger partial charge in [-0.2, -0.15) is 5.10 Å². The van der Waals surface area contributed by atoms with E-state index in [2.05, 4.69) is 10.5 Å². The lowest BCUT2D eigenvalue weighted by Gasteiger charge is -2.08. The van der Waals surface area contributed by atoms with Gasteiger partial charge >= 0.3 is 5.97 Å². The number of nitrogens with one attached hydrogen (secondary N) is 1. The highest BCUT2D eigenvalue weighted by Crippen LogP contribution is 2.28. The fraction of sp³-hybridized carbons (Fsp3) is 0.0645. The summed E-state index contributed by atoms with van der Waals surface area (Å²) in [4.78, 5) is 24.6. The standard InChI is InChI=1S/C31H26N2O5/c1-36-29-20-25(12-18-28(29)38-30(34)19-13-23-8-4-2-5-9-23)21-32-33-31(35)26-14-16-27(17-15-26)37-22-24-10-6-3-7-11-24/h2-21H,22H2,1H3,(H,33,35). The summed E-state index contributed by atoms with van der Waals surface area (Å²) in [6.45, 7) is 0.447. The number of methoxy groups -OCH3 is 1. The van der Waals surface area contributed by atoms with Gasteiger partial charge in [-0.25, -0.2) is 10.2 Å². The minimum atomic E-state index is -0.530. The van der Waals surface area contributed by atoms with Gasteiger partial charge in [0.1, 0.15) is 12.4 Å². The summed E-state index contributed by atoms with van der Waals surface area (Å²) in [6, 6.07) is 31.0. The Bertz CT molecular complexity index is 1420. The summed E-state index contributed by atoms with van der Waals surface area (Å²) in [5, 5.41) is 4.02. The van der Waals surface area contributed by atoms with E-state index in [-0.39, 0.29) is 11.7 Å². The van der Waals surface area contributed by atoms with Crippen molar-refractivity contribution in [2.45, 2.75) is 6.61 Å². The van der Waals surface area contributed by atoms with Gasteiger partial charge in [-0.3, -0.25) is 4.79 Å². The SMILES string of the molecule is COc1cc(C=NNC(=O)c2ccc(OCc3ccccc3)cc2)ccc1OC(=O)C=Cc1ccccc1. The molecule has 0 aromatic heterocycles. The first kappa shape index (κ1) is 25.9. The molecule has 0 atom stereocenters. The van der Waals surface area contributed by atoms with Gasteiger partial charge in [-0.1, -0.05) is 60.7 Å². The molecule has 0 spiro atoms. The van der Waals surface area contributed by atoms with Gasteiger partial charge in [-0.05, 0) is 65.2 Å². The summed E-state index contributed by atoms with van der Waals surface area (Å²) in [5.41, 5.74) is 5.53. The van der Waals surface area contributed by atoms with Crippen LogP contribution in [0.5, 0.6) is 17.2 Å². The van der Waals surface area contributed by atoms with E-state index in [1.807, 2.05) is 60.7 Å². The lowest BCUT2D eigenvalue weighted by atomic mass is 10.2. The number of carbonyl (C=O) groups excluding carboxylic acids is 2. The van der Waals surface area contributed by atoms with Crippen molar-refractivity contribution in [3.63, 3.8) is 0 Å². The molecule has 0 radical (unpaired) electrons. The Balaban J connectivity index is 1.29. The first-order valence-electron chi connectivity index (χ1n) is 11.8. The Morgan fingerprint density at radius 1 is 0.816 bits per heavy atom. The first-order valence-corrected chi connectivity index (χ1v) is 11.8. The average Bonchev–Trinajstić information content (AvgIpc) is 2.97. The van der Waals surface area contributed by atoms with Crippen LogP contribution in [0.4, 0.5) is 0 Å². The quantitative estimate of drug-likeness (QED) is 0.0987. The summed E-state index contributed by atoms with van der Waals surface area (Å²) in [7, 11) is 1.47. The van der Waals surface area contributed by atoms with Crippen LogP contribution in [-0.4, -0.2) is 25.2 Å². The van der Waals surface area contributed by atoms with Crippen LogP contribution in [0, 0.1) is 0 Å². The molecular weight excluding hydrogens is 480 g/mol. The molecule has 0 fully saturated rings. The number of ether oxygens (including phenoxy) is 3. The zero-order valence-electron chi connectivity index (χ0n) is 20.7. The van der Waals surface area contributed by atoms with Crippen LogP contribution in [-0.2, 0) is 11.4 Å². The van der Waals surface area contributed by atoms with Gasteiger partial charge in [0.25, 0.3) is 5.91 Å². The first-order chi connectivity index (χ1) is 18.6. The van der Waals surface area contributed by atoms with Gasteiger partial charge in [0.15, 0.2) is 11.5 Å². The molecule has 0 aliphatic rings. The van der Waals surface area contributed by atoms with E-state index in [1.165, 1.54) is 19.4 Å². The molecule has 0 unspecified atom stereocenters. The molecule has 0 aliphatic heterocycles. The van der Waals surface area contributed by atoms with Gasteiger partial charge < -0.3 is 14.2 Å². The second kappa shape index (κ2) is 13.2. The van der Waals surface area contributed by atoms with Crippen LogP contribution < -0.4 is 19.6 Å². The molecule has 0 saturated carbocycles. The van der Waals surface area contributed by atoms with Gasteiger partial charge in [-0.15, -0.1) is 0 Å². The van der Waals surface area contributed by atoms with Gasteiger partial charge in [0.2, 0.25) is 0 Å².